The fourth-order valence-electron chi connectivity index (χ4n) is 4.28. The lowest BCUT2D eigenvalue weighted by Gasteiger charge is -2.34. The number of imide groups is 1. The summed E-state index contributed by atoms with van der Waals surface area (Å²) >= 11 is 0. The summed E-state index contributed by atoms with van der Waals surface area (Å²) < 4.78 is 15.1. The van der Waals surface area contributed by atoms with Gasteiger partial charge in [-0.2, -0.15) is 4.68 Å². The molecule has 1 fully saturated rings. The summed E-state index contributed by atoms with van der Waals surface area (Å²) in [6, 6.07) is 12.7. The third-order valence-corrected chi connectivity index (χ3v) is 6.10. The van der Waals surface area contributed by atoms with Gasteiger partial charge in [-0.05, 0) is 40.8 Å². The maximum atomic E-state index is 13.6. The minimum absolute atomic E-state index is 0.0633. The van der Waals surface area contributed by atoms with E-state index < -0.39 is 0 Å². The monoisotopic (exact) mass is 463 g/mol. The molecule has 10 nitrogen and oxygen atoms in total. The average molecular weight is 463 g/mol. The van der Waals surface area contributed by atoms with Crippen LogP contribution in [0.5, 0.6) is 0 Å². The summed E-state index contributed by atoms with van der Waals surface area (Å²) in [5.74, 6) is -0.590. The summed E-state index contributed by atoms with van der Waals surface area (Å²) in [6.07, 6.45) is 0.0866. The van der Waals surface area contributed by atoms with Crippen LogP contribution in [0.1, 0.15) is 33.0 Å². The molecule has 3 heterocycles. The molecule has 1 saturated heterocycles. The molecular weight excluding hydrogens is 441 g/mol. The molecule has 2 aliphatic rings. The van der Waals surface area contributed by atoms with Gasteiger partial charge in [-0.25, -0.2) is 4.39 Å². The zero-order valence-corrected chi connectivity index (χ0v) is 18.3. The zero-order valence-electron chi connectivity index (χ0n) is 18.3. The first-order valence-corrected chi connectivity index (χ1v) is 11.0. The molecule has 0 bridgehead atoms. The van der Waals surface area contributed by atoms with Crippen LogP contribution in [-0.4, -0.2) is 85.4 Å². The van der Waals surface area contributed by atoms with Crippen LogP contribution in [0.4, 0.5) is 4.39 Å². The Labute approximate surface area is 194 Å². The lowest BCUT2D eigenvalue weighted by atomic mass is 10.1. The van der Waals surface area contributed by atoms with E-state index >= 15 is 0 Å². The lowest BCUT2D eigenvalue weighted by molar-refractivity contribution is -0.133. The molecule has 34 heavy (non-hydrogen) atoms. The molecule has 0 saturated carbocycles. The molecule has 0 atom stereocenters. The van der Waals surface area contributed by atoms with Gasteiger partial charge in [0, 0.05) is 39.1 Å². The van der Waals surface area contributed by atoms with E-state index in [4.69, 9.17) is 0 Å². The maximum Gasteiger partial charge on any atom is 0.261 e. The van der Waals surface area contributed by atoms with Gasteiger partial charge in [-0.3, -0.25) is 24.2 Å². The maximum absolute atomic E-state index is 13.6. The van der Waals surface area contributed by atoms with Crippen molar-refractivity contribution in [3.05, 3.63) is 71.3 Å². The van der Waals surface area contributed by atoms with Crippen LogP contribution < -0.4 is 0 Å². The molecule has 0 radical (unpaired) electrons. The quantitative estimate of drug-likeness (QED) is 0.505. The van der Waals surface area contributed by atoms with Gasteiger partial charge < -0.3 is 4.90 Å². The summed E-state index contributed by atoms with van der Waals surface area (Å²) in [4.78, 5) is 42.7. The van der Waals surface area contributed by atoms with E-state index in [0.717, 1.165) is 4.90 Å². The Bertz CT molecular complexity index is 1220. The smallest absolute Gasteiger partial charge is 0.261 e. The molecule has 0 N–H and O–H groups in total. The highest BCUT2D eigenvalue weighted by Crippen LogP contribution is 2.22. The van der Waals surface area contributed by atoms with E-state index in [1.54, 1.807) is 41.3 Å². The van der Waals surface area contributed by atoms with E-state index in [1.165, 1.54) is 16.8 Å². The molecular formula is C23H22FN7O3. The van der Waals surface area contributed by atoms with E-state index in [9.17, 15) is 18.8 Å². The predicted octanol–water partition coefficient (Wildman–Crippen LogP) is 1.13. The van der Waals surface area contributed by atoms with Gasteiger partial charge in [0.25, 0.3) is 11.8 Å². The van der Waals surface area contributed by atoms with E-state index in [2.05, 4.69) is 20.4 Å². The summed E-state index contributed by atoms with van der Waals surface area (Å²) in [7, 11) is 0. The summed E-state index contributed by atoms with van der Waals surface area (Å²) in [6.45, 7) is 2.79. The second-order valence-corrected chi connectivity index (χ2v) is 8.20. The molecule has 2 aliphatic heterocycles. The number of nitrogens with zero attached hydrogens (tertiary/aromatic N) is 7. The first-order valence-electron chi connectivity index (χ1n) is 11.0. The predicted molar refractivity (Wildman–Crippen MR) is 117 cm³/mol. The van der Waals surface area contributed by atoms with Crippen molar-refractivity contribution in [1.29, 1.82) is 0 Å². The second-order valence-electron chi connectivity index (χ2n) is 8.20. The van der Waals surface area contributed by atoms with Gasteiger partial charge in [-0.1, -0.05) is 18.2 Å². The van der Waals surface area contributed by atoms with Crippen LogP contribution in [0.15, 0.2) is 48.5 Å². The minimum Gasteiger partial charge on any atom is -0.340 e. The average Bonchev–Trinajstić information content (AvgIpc) is 3.41. The van der Waals surface area contributed by atoms with E-state index in [1.807, 2.05) is 0 Å². The molecule has 11 heteroatoms. The van der Waals surface area contributed by atoms with Crippen molar-refractivity contribution in [2.24, 2.45) is 0 Å². The molecule has 0 aliphatic carbocycles. The molecule has 2 aromatic carbocycles. The minimum atomic E-state index is -0.368. The Balaban J connectivity index is 1.13. The Morgan fingerprint density at radius 2 is 1.65 bits per heavy atom. The summed E-state index contributed by atoms with van der Waals surface area (Å²) in [5, 5.41) is 11.7. The number of amides is 3. The number of aromatic nitrogens is 4. The number of carbonyl (C=O) groups is 3. The number of carbonyl (C=O) groups excluding carboxylic acids is 3. The van der Waals surface area contributed by atoms with Gasteiger partial charge in [0.1, 0.15) is 5.82 Å². The van der Waals surface area contributed by atoms with Crippen LogP contribution in [0.2, 0.25) is 0 Å². The Kier molecular flexibility index (Phi) is 5.84. The number of hydrogen-bond donors (Lipinski definition) is 0. The third-order valence-electron chi connectivity index (χ3n) is 6.10. The molecule has 3 amide bonds. The van der Waals surface area contributed by atoms with Crippen molar-refractivity contribution in [1.82, 2.24) is 34.9 Å². The molecule has 0 unspecified atom stereocenters. The lowest BCUT2D eigenvalue weighted by Crippen LogP contribution is -2.49. The first-order chi connectivity index (χ1) is 16.5. The normalized spacial score (nSPS) is 16.3. The van der Waals surface area contributed by atoms with Crippen molar-refractivity contribution >= 4 is 17.7 Å². The van der Waals surface area contributed by atoms with Crippen molar-refractivity contribution in [2.45, 2.75) is 13.0 Å². The molecule has 5 rings (SSSR count). The van der Waals surface area contributed by atoms with Gasteiger partial charge in [0.05, 0.1) is 23.4 Å². The van der Waals surface area contributed by atoms with Crippen LogP contribution >= 0.6 is 0 Å². The Hall–Kier alpha value is -3.99. The number of hydrogen-bond acceptors (Lipinski definition) is 7. The van der Waals surface area contributed by atoms with Crippen molar-refractivity contribution in [2.75, 3.05) is 32.7 Å². The highest BCUT2D eigenvalue weighted by molar-refractivity contribution is 6.21. The number of rotatable bonds is 6. The van der Waals surface area contributed by atoms with Crippen molar-refractivity contribution < 1.29 is 18.8 Å². The molecule has 174 valence electrons. The molecule has 0 spiro atoms. The SMILES string of the molecule is O=C(CCN1C(=O)c2ccccc2C1=O)N1CCN(Cc2nnnn2-c2cccc(F)c2)CC1. The highest BCUT2D eigenvalue weighted by Gasteiger charge is 2.35. The largest absolute Gasteiger partial charge is 0.340 e. The van der Waals surface area contributed by atoms with Crippen LogP contribution in [-0.2, 0) is 11.3 Å². The standard InChI is InChI=1S/C23H22FN7O3/c24-16-4-3-5-17(14-16)31-20(25-26-27-31)15-28-10-12-29(13-11-28)21(32)8-9-30-22(33)18-6-1-2-7-19(18)23(30)34/h1-7,14H,8-13,15H2. The van der Waals surface area contributed by atoms with Gasteiger partial charge in [0.2, 0.25) is 5.91 Å². The van der Waals surface area contributed by atoms with E-state index in [0.29, 0.717) is 55.4 Å². The van der Waals surface area contributed by atoms with Crippen LogP contribution in [0, 0.1) is 5.82 Å². The number of fused-ring (bicyclic) bond motifs is 1. The van der Waals surface area contributed by atoms with Crippen molar-refractivity contribution in [3.63, 3.8) is 0 Å². The molecule has 1 aromatic heterocycles. The second kappa shape index (κ2) is 9.10. The Morgan fingerprint density at radius 1 is 0.941 bits per heavy atom. The van der Waals surface area contributed by atoms with Gasteiger partial charge in [-0.15, -0.1) is 5.10 Å². The fourth-order valence-corrected chi connectivity index (χ4v) is 4.28. The topological polar surface area (TPSA) is 105 Å². The highest BCUT2D eigenvalue weighted by atomic mass is 19.1. The number of halogens is 1. The molecule has 3 aromatic rings. The van der Waals surface area contributed by atoms with Crippen LogP contribution in [0.25, 0.3) is 5.69 Å². The van der Waals surface area contributed by atoms with Crippen LogP contribution in [0.3, 0.4) is 0 Å². The number of tetrazole rings is 1. The summed E-state index contributed by atoms with van der Waals surface area (Å²) in [5.41, 5.74) is 1.31. The van der Waals surface area contributed by atoms with E-state index in [-0.39, 0.29) is 36.5 Å². The fraction of sp³-hybridized carbons (Fsp3) is 0.304. The van der Waals surface area contributed by atoms with Gasteiger partial charge in [0.15, 0.2) is 5.82 Å². The van der Waals surface area contributed by atoms with Crippen molar-refractivity contribution in [3.8, 4) is 5.69 Å². The number of piperazine rings is 1. The first kappa shape index (κ1) is 21.8. The zero-order chi connectivity index (χ0) is 23.7. The third kappa shape index (κ3) is 4.17. The Morgan fingerprint density at radius 3 is 2.32 bits per heavy atom. The van der Waals surface area contributed by atoms with Gasteiger partial charge >= 0.3 is 0 Å². The number of benzene rings is 2.